The second kappa shape index (κ2) is 6.94. The molecule has 1 heterocycles. The molecule has 3 N–H and O–H groups in total. The van der Waals surface area contributed by atoms with Gasteiger partial charge in [-0.25, -0.2) is 5.43 Å². The zero-order valence-corrected chi connectivity index (χ0v) is 13.6. The number of aryl methyl sites for hydroxylation is 2. The van der Waals surface area contributed by atoms with Gasteiger partial charge in [-0.3, -0.25) is 10.2 Å². The summed E-state index contributed by atoms with van der Waals surface area (Å²) in [4.78, 5) is 12.5. The van der Waals surface area contributed by atoms with E-state index in [1.165, 1.54) is 11.1 Å². The number of hydrogen-bond donors (Lipinski definition) is 3. The van der Waals surface area contributed by atoms with Crippen molar-refractivity contribution in [2.75, 3.05) is 6.54 Å². The number of hydrazine groups is 1. The molecule has 1 aliphatic rings. The summed E-state index contributed by atoms with van der Waals surface area (Å²) in [6.45, 7) is 5.33. The number of benzene rings is 2. The Hall–Kier alpha value is -2.17. The molecule has 0 aromatic heterocycles. The third kappa shape index (κ3) is 3.78. The van der Waals surface area contributed by atoms with Gasteiger partial charge in [0.2, 0.25) is 5.91 Å². The highest BCUT2D eigenvalue weighted by molar-refractivity contribution is 5.80. The smallest absolute Gasteiger partial charge is 0.226 e. The van der Waals surface area contributed by atoms with Crippen molar-refractivity contribution in [3.8, 4) is 0 Å². The van der Waals surface area contributed by atoms with Crippen LogP contribution >= 0.6 is 0 Å². The Bertz CT molecular complexity index is 664. The molecular formula is C19H23N3O. The van der Waals surface area contributed by atoms with Crippen molar-refractivity contribution in [2.24, 2.45) is 5.92 Å². The average molecular weight is 309 g/mol. The predicted molar refractivity (Wildman–Crippen MR) is 91.6 cm³/mol. The summed E-state index contributed by atoms with van der Waals surface area (Å²) < 4.78 is 0. The first-order chi connectivity index (χ1) is 11.1. The number of carbonyl (C=O) groups is 1. The maximum absolute atomic E-state index is 12.5. The second-order valence-corrected chi connectivity index (χ2v) is 6.22. The largest absolute Gasteiger partial charge is 0.352 e. The van der Waals surface area contributed by atoms with E-state index in [1.54, 1.807) is 0 Å². The van der Waals surface area contributed by atoms with E-state index < -0.39 is 0 Å². The fourth-order valence-electron chi connectivity index (χ4n) is 2.86. The van der Waals surface area contributed by atoms with Crippen LogP contribution < -0.4 is 16.2 Å². The van der Waals surface area contributed by atoms with Gasteiger partial charge in [-0.2, -0.15) is 0 Å². The Morgan fingerprint density at radius 1 is 1.04 bits per heavy atom. The topological polar surface area (TPSA) is 53.2 Å². The van der Waals surface area contributed by atoms with Gasteiger partial charge in [0.05, 0.1) is 12.0 Å². The number of hydrogen-bond acceptors (Lipinski definition) is 3. The Morgan fingerprint density at radius 2 is 1.65 bits per heavy atom. The standard InChI is InChI=1S/C19H23N3O/c1-13-3-7-15(8-4-13)11-20-19(23)17-12-21-22-18(17)16-9-5-14(2)6-10-16/h3-10,17-18,21-22H,11-12H2,1-2H3,(H,20,23). The molecular weight excluding hydrogens is 286 g/mol. The Morgan fingerprint density at radius 3 is 2.30 bits per heavy atom. The zero-order chi connectivity index (χ0) is 16.2. The van der Waals surface area contributed by atoms with Crippen LogP contribution in [-0.4, -0.2) is 12.5 Å². The van der Waals surface area contributed by atoms with Crippen molar-refractivity contribution in [3.05, 3.63) is 70.8 Å². The summed E-state index contributed by atoms with van der Waals surface area (Å²) in [5, 5.41) is 3.05. The van der Waals surface area contributed by atoms with Crippen molar-refractivity contribution in [1.82, 2.24) is 16.2 Å². The van der Waals surface area contributed by atoms with Gasteiger partial charge in [-0.15, -0.1) is 0 Å². The third-order valence-electron chi connectivity index (χ3n) is 4.34. The van der Waals surface area contributed by atoms with E-state index in [-0.39, 0.29) is 17.9 Å². The summed E-state index contributed by atoms with van der Waals surface area (Å²) in [6, 6.07) is 16.6. The molecule has 120 valence electrons. The predicted octanol–water partition coefficient (Wildman–Crippen LogP) is 2.38. The second-order valence-electron chi connectivity index (χ2n) is 6.22. The first-order valence-electron chi connectivity index (χ1n) is 8.02. The Balaban J connectivity index is 1.63. The minimum absolute atomic E-state index is 0.00798. The van der Waals surface area contributed by atoms with Gasteiger partial charge >= 0.3 is 0 Å². The van der Waals surface area contributed by atoms with Crippen LogP contribution in [0.5, 0.6) is 0 Å². The highest BCUT2D eigenvalue weighted by Gasteiger charge is 2.33. The molecule has 23 heavy (non-hydrogen) atoms. The van der Waals surface area contributed by atoms with E-state index in [0.29, 0.717) is 13.1 Å². The molecule has 1 aliphatic heterocycles. The number of rotatable bonds is 4. The molecule has 0 aliphatic carbocycles. The summed E-state index contributed by atoms with van der Waals surface area (Å²) in [6.07, 6.45) is 0. The van der Waals surface area contributed by atoms with Crippen LogP contribution in [0.25, 0.3) is 0 Å². The minimum Gasteiger partial charge on any atom is -0.352 e. The van der Waals surface area contributed by atoms with Crippen LogP contribution in [0.2, 0.25) is 0 Å². The molecule has 2 aromatic rings. The molecule has 0 spiro atoms. The molecule has 0 radical (unpaired) electrons. The number of amides is 1. The fourth-order valence-corrected chi connectivity index (χ4v) is 2.86. The van der Waals surface area contributed by atoms with Crippen molar-refractivity contribution >= 4 is 5.91 Å². The lowest BCUT2D eigenvalue weighted by Gasteiger charge is -2.18. The van der Waals surface area contributed by atoms with Gasteiger partial charge < -0.3 is 5.32 Å². The SMILES string of the molecule is Cc1ccc(CNC(=O)C2CNNC2c2ccc(C)cc2)cc1. The number of carbonyl (C=O) groups excluding carboxylic acids is 1. The third-order valence-corrected chi connectivity index (χ3v) is 4.34. The lowest BCUT2D eigenvalue weighted by atomic mass is 9.93. The van der Waals surface area contributed by atoms with E-state index in [0.717, 1.165) is 11.1 Å². The lowest BCUT2D eigenvalue weighted by Crippen LogP contribution is -2.34. The molecule has 4 heteroatoms. The maximum Gasteiger partial charge on any atom is 0.226 e. The Labute approximate surface area is 137 Å². The summed E-state index contributed by atoms with van der Waals surface area (Å²) in [5.74, 6) is -0.0307. The molecule has 2 atom stereocenters. The monoisotopic (exact) mass is 309 g/mol. The molecule has 3 rings (SSSR count). The highest BCUT2D eigenvalue weighted by atomic mass is 16.2. The van der Waals surface area contributed by atoms with Crippen molar-refractivity contribution in [1.29, 1.82) is 0 Å². The van der Waals surface area contributed by atoms with Gasteiger partial charge in [0, 0.05) is 13.1 Å². The van der Waals surface area contributed by atoms with E-state index in [2.05, 4.69) is 78.5 Å². The van der Waals surface area contributed by atoms with Crippen LogP contribution in [0.1, 0.15) is 28.3 Å². The summed E-state index contributed by atoms with van der Waals surface area (Å²) >= 11 is 0. The molecule has 1 fully saturated rings. The maximum atomic E-state index is 12.5. The fraction of sp³-hybridized carbons (Fsp3) is 0.316. The van der Waals surface area contributed by atoms with Crippen molar-refractivity contribution < 1.29 is 4.79 Å². The Kier molecular flexibility index (Phi) is 4.74. The van der Waals surface area contributed by atoms with Gasteiger partial charge in [0.1, 0.15) is 0 Å². The molecule has 4 nitrogen and oxygen atoms in total. The molecule has 0 saturated carbocycles. The molecule has 1 saturated heterocycles. The van der Waals surface area contributed by atoms with Crippen LogP contribution in [-0.2, 0) is 11.3 Å². The summed E-state index contributed by atoms with van der Waals surface area (Å²) in [5.41, 5.74) is 11.0. The zero-order valence-electron chi connectivity index (χ0n) is 13.6. The quantitative estimate of drug-likeness (QED) is 0.813. The van der Waals surface area contributed by atoms with Gasteiger partial charge in [0.15, 0.2) is 0 Å². The van der Waals surface area contributed by atoms with Gasteiger partial charge in [-0.05, 0) is 25.0 Å². The van der Waals surface area contributed by atoms with E-state index in [4.69, 9.17) is 0 Å². The number of nitrogens with one attached hydrogen (secondary N) is 3. The summed E-state index contributed by atoms with van der Waals surface area (Å²) in [7, 11) is 0. The van der Waals surface area contributed by atoms with Crippen molar-refractivity contribution in [3.63, 3.8) is 0 Å². The van der Waals surface area contributed by atoms with Gasteiger partial charge in [-0.1, -0.05) is 59.7 Å². The van der Waals surface area contributed by atoms with E-state index in [1.807, 2.05) is 0 Å². The van der Waals surface area contributed by atoms with Crippen LogP contribution in [0.15, 0.2) is 48.5 Å². The molecule has 0 bridgehead atoms. The molecule has 1 amide bonds. The van der Waals surface area contributed by atoms with Crippen molar-refractivity contribution in [2.45, 2.75) is 26.4 Å². The molecule has 2 aromatic carbocycles. The van der Waals surface area contributed by atoms with E-state index in [9.17, 15) is 4.79 Å². The lowest BCUT2D eigenvalue weighted by molar-refractivity contribution is -0.125. The first-order valence-corrected chi connectivity index (χ1v) is 8.02. The van der Waals surface area contributed by atoms with E-state index >= 15 is 0 Å². The normalized spacial score (nSPS) is 20.4. The average Bonchev–Trinajstić information content (AvgIpc) is 3.04. The van der Waals surface area contributed by atoms with Crippen LogP contribution in [0.4, 0.5) is 0 Å². The van der Waals surface area contributed by atoms with Gasteiger partial charge in [0.25, 0.3) is 0 Å². The molecule has 2 unspecified atom stereocenters. The minimum atomic E-state index is -0.108. The highest BCUT2D eigenvalue weighted by Crippen LogP contribution is 2.25. The van der Waals surface area contributed by atoms with Crippen LogP contribution in [0.3, 0.4) is 0 Å². The van der Waals surface area contributed by atoms with Crippen LogP contribution in [0, 0.1) is 19.8 Å². The first kappa shape index (κ1) is 15.7.